The minimum atomic E-state index is 0.463. The summed E-state index contributed by atoms with van der Waals surface area (Å²) >= 11 is 5.68. The predicted octanol–water partition coefficient (Wildman–Crippen LogP) is 3.03. The Labute approximate surface area is 83.0 Å². The Bertz CT molecular complexity index is 305. The van der Waals surface area contributed by atoms with Gasteiger partial charge in [0.2, 0.25) is 0 Å². The molecule has 1 rings (SSSR count). The summed E-state index contributed by atoms with van der Waals surface area (Å²) in [4.78, 5) is 10.0. The maximum absolute atomic E-state index is 10.0. The van der Waals surface area contributed by atoms with Gasteiger partial charge in [-0.1, -0.05) is 36.4 Å². The van der Waals surface area contributed by atoms with Gasteiger partial charge in [0.25, 0.3) is 0 Å². The Hall–Kier alpha value is -1.08. The summed E-state index contributed by atoms with van der Waals surface area (Å²) in [5, 5.41) is 0. The quantitative estimate of drug-likeness (QED) is 0.532. The van der Waals surface area contributed by atoms with Gasteiger partial charge < -0.3 is 4.79 Å². The van der Waals surface area contributed by atoms with Crippen LogP contribution in [0.5, 0.6) is 0 Å². The number of benzene rings is 1. The number of allylic oxidation sites excluding steroid dienone is 1. The number of carbonyl (C=O) groups is 1. The van der Waals surface area contributed by atoms with Crippen LogP contribution in [0.15, 0.2) is 30.3 Å². The third kappa shape index (κ3) is 3.43. The lowest BCUT2D eigenvalue weighted by Gasteiger charge is -1.96. The van der Waals surface area contributed by atoms with Crippen LogP contribution in [0.4, 0.5) is 0 Å². The minimum absolute atomic E-state index is 0.463. The van der Waals surface area contributed by atoms with Crippen LogP contribution in [0, 0.1) is 0 Å². The molecule has 13 heavy (non-hydrogen) atoms. The molecular weight excluding hydrogens is 184 g/mol. The molecule has 0 bridgehead atoms. The molecule has 0 aliphatic heterocycles. The summed E-state index contributed by atoms with van der Waals surface area (Å²) in [7, 11) is 0. The lowest BCUT2D eigenvalue weighted by atomic mass is 10.1. The van der Waals surface area contributed by atoms with Gasteiger partial charge in [-0.15, -0.1) is 11.6 Å². The molecule has 2 heteroatoms. The first kappa shape index (κ1) is 10.0. The third-order valence-electron chi connectivity index (χ3n) is 1.65. The second-order valence-electron chi connectivity index (χ2n) is 2.68. The minimum Gasteiger partial charge on any atom is -0.303 e. The molecule has 0 radical (unpaired) electrons. The zero-order valence-electron chi connectivity index (χ0n) is 7.24. The Balaban J connectivity index is 2.71. The molecule has 0 aliphatic rings. The molecule has 0 heterocycles. The lowest BCUT2D eigenvalue weighted by Crippen LogP contribution is -1.78. The normalized spacial score (nSPS) is 10.5. The summed E-state index contributed by atoms with van der Waals surface area (Å²) in [6, 6.07) is 7.92. The van der Waals surface area contributed by atoms with E-state index < -0.39 is 0 Å². The van der Waals surface area contributed by atoms with Crippen molar-refractivity contribution in [2.24, 2.45) is 0 Å². The van der Waals surface area contributed by atoms with Crippen molar-refractivity contribution < 1.29 is 4.79 Å². The maximum atomic E-state index is 10.0. The molecule has 0 unspecified atom stereocenters. The van der Waals surface area contributed by atoms with E-state index in [2.05, 4.69) is 0 Å². The number of rotatable bonds is 4. The van der Waals surface area contributed by atoms with E-state index >= 15 is 0 Å². The van der Waals surface area contributed by atoms with Gasteiger partial charge >= 0.3 is 0 Å². The number of carbonyl (C=O) groups excluding carboxylic acids is 1. The van der Waals surface area contributed by atoms with Crippen LogP contribution in [0.3, 0.4) is 0 Å². The average Bonchev–Trinajstić information content (AvgIpc) is 2.19. The van der Waals surface area contributed by atoms with Crippen LogP contribution >= 0.6 is 11.6 Å². The van der Waals surface area contributed by atoms with Gasteiger partial charge in [0.05, 0.1) is 0 Å². The molecule has 1 aromatic rings. The van der Waals surface area contributed by atoms with Gasteiger partial charge in [-0.2, -0.15) is 0 Å². The molecule has 1 nitrogen and oxygen atoms in total. The SMILES string of the molecule is O=CCC=Cc1cccc(CCl)c1. The second-order valence-corrected chi connectivity index (χ2v) is 2.95. The monoisotopic (exact) mass is 194 g/mol. The van der Waals surface area contributed by atoms with Crippen molar-refractivity contribution in [3.05, 3.63) is 41.5 Å². The Morgan fingerprint density at radius 1 is 1.38 bits per heavy atom. The average molecular weight is 195 g/mol. The molecule has 0 fully saturated rings. The van der Waals surface area contributed by atoms with Crippen LogP contribution in [-0.2, 0) is 10.7 Å². The van der Waals surface area contributed by atoms with E-state index in [4.69, 9.17) is 11.6 Å². The fourth-order valence-electron chi connectivity index (χ4n) is 1.04. The number of alkyl halides is 1. The van der Waals surface area contributed by atoms with E-state index in [-0.39, 0.29) is 0 Å². The molecule has 1 aromatic carbocycles. The highest BCUT2D eigenvalue weighted by Crippen LogP contribution is 2.09. The second kappa shape index (κ2) is 5.55. The van der Waals surface area contributed by atoms with Crippen molar-refractivity contribution in [1.82, 2.24) is 0 Å². The van der Waals surface area contributed by atoms with Crippen LogP contribution in [0.25, 0.3) is 6.08 Å². The first-order valence-electron chi connectivity index (χ1n) is 4.12. The molecule has 0 aliphatic carbocycles. The van der Waals surface area contributed by atoms with Gasteiger partial charge in [0.1, 0.15) is 6.29 Å². The lowest BCUT2D eigenvalue weighted by molar-refractivity contribution is -0.107. The van der Waals surface area contributed by atoms with Crippen molar-refractivity contribution in [3.63, 3.8) is 0 Å². The van der Waals surface area contributed by atoms with E-state index in [0.29, 0.717) is 12.3 Å². The van der Waals surface area contributed by atoms with Crippen molar-refractivity contribution in [1.29, 1.82) is 0 Å². The molecule has 0 aromatic heterocycles. The number of aldehydes is 1. The summed E-state index contributed by atoms with van der Waals surface area (Å²) in [5.41, 5.74) is 2.18. The summed E-state index contributed by atoms with van der Waals surface area (Å²) in [6.45, 7) is 0. The zero-order valence-corrected chi connectivity index (χ0v) is 8.00. The standard InChI is InChI=1S/C11H11ClO/c12-9-11-6-3-5-10(8-11)4-1-2-7-13/h1,3-8H,2,9H2. The number of hydrogen-bond acceptors (Lipinski definition) is 1. The first-order chi connectivity index (χ1) is 6.36. The van der Waals surface area contributed by atoms with Crippen LogP contribution < -0.4 is 0 Å². The molecule has 0 amide bonds. The molecule has 0 N–H and O–H groups in total. The Morgan fingerprint density at radius 2 is 2.23 bits per heavy atom. The van der Waals surface area contributed by atoms with Gasteiger partial charge in [0.15, 0.2) is 0 Å². The molecule has 0 spiro atoms. The largest absolute Gasteiger partial charge is 0.303 e. The smallest absolute Gasteiger partial charge is 0.123 e. The highest BCUT2D eigenvalue weighted by Gasteiger charge is 1.90. The highest BCUT2D eigenvalue weighted by molar-refractivity contribution is 6.17. The highest BCUT2D eigenvalue weighted by atomic mass is 35.5. The van der Waals surface area contributed by atoms with E-state index in [1.54, 1.807) is 0 Å². The maximum Gasteiger partial charge on any atom is 0.123 e. The van der Waals surface area contributed by atoms with E-state index in [9.17, 15) is 4.79 Å². The Kier molecular flexibility index (Phi) is 4.27. The molecule has 0 atom stereocenters. The van der Waals surface area contributed by atoms with Gasteiger partial charge in [-0.25, -0.2) is 0 Å². The van der Waals surface area contributed by atoms with Crippen LogP contribution in [-0.4, -0.2) is 6.29 Å². The van der Waals surface area contributed by atoms with E-state index in [0.717, 1.165) is 17.4 Å². The van der Waals surface area contributed by atoms with Crippen molar-refractivity contribution in [2.45, 2.75) is 12.3 Å². The topological polar surface area (TPSA) is 17.1 Å². The van der Waals surface area contributed by atoms with E-state index in [1.165, 1.54) is 0 Å². The predicted molar refractivity (Wildman–Crippen MR) is 55.7 cm³/mol. The summed E-state index contributed by atoms with van der Waals surface area (Å²) in [5.74, 6) is 0.523. The molecule has 0 saturated heterocycles. The zero-order chi connectivity index (χ0) is 9.52. The summed E-state index contributed by atoms with van der Waals surface area (Å²) < 4.78 is 0. The van der Waals surface area contributed by atoms with Gasteiger partial charge in [0, 0.05) is 12.3 Å². The first-order valence-corrected chi connectivity index (χ1v) is 4.65. The fraction of sp³-hybridized carbons (Fsp3) is 0.182. The Morgan fingerprint density at radius 3 is 2.92 bits per heavy atom. The summed E-state index contributed by atoms with van der Waals surface area (Å²) in [6.07, 6.45) is 5.10. The van der Waals surface area contributed by atoms with Crippen molar-refractivity contribution in [3.8, 4) is 0 Å². The van der Waals surface area contributed by atoms with Gasteiger partial charge in [-0.3, -0.25) is 0 Å². The van der Waals surface area contributed by atoms with Gasteiger partial charge in [-0.05, 0) is 11.1 Å². The number of halogens is 1. The molecular formula is C11H11ClO. The van der Waals surface area contributed by atoms with Crippen molar-refractivity contribution >= 4 is 24.0 Å². The molecule has 0 saturated carbocycles. The third-order valence-corrected chi connectivity index (χ3v) is 1.96. The fourth-order valence-corrected chi connectivity index (χ4v) is 1.21. The van der Waals surface area contributed by atoms with Crippen molar-refractivity contribution in [2.75, 3.05) is 0 Å². The van der Waals surface area contributed by atoms with E-state index in [1.807, 2.05) is 36.4 Å². The van der Waals surface area contributed by atoms with Crippen LogP contribution in [0.2, 0.25) is 0 Å². The molecule has 68 valence electrons. The number of hydrogen-bond donors (Lipinski definition) is 0. The van der Waals surface area contributed by atoms with Crippen LogP contribution in [0.1, 0.15) is 17.5 Å².